The van der Waals surface area contributed by atoms with Crippen molar-refractivity contribution in [1.82, 2.24) is 15.1 Å². The SMILES string of the molecule is CN1CC(=O)N(CC(=O)NCC[C@H](c2ccc(F)cc2)c2ccco2)C1=O. The number of likely N-dealkylation sites (N-methyl/N-ethyl adjacent to an activating group) is 1. The number of furan rings is 1. The summed E-state index contributed by atoms with van der Waals surface area (Å²) in [5.41, 5.74) is 0.868. The molecule has 3 rings (SSSR count). The third kappa shape index (κ3) is 4.33. The molecule has 0 spiro atoms. The monoisotopic (exact) mass is 373 g/mol. The number of hydrogen-bond donors (Lipinski definition) is 1. The van der Waals surface area contributed by atoms with Gasteiger partial charge in [0.25, 0.3) is 5.91 Å². The molecule has 142 valence electrons. The molecule has 8 heteroatoms. The lowest BCUT2D eigenvalue weighted by atomic mass is 9.93. The number of imide groups is 1. The molecule has 1 aliphatic heterocycles. The molecule has 2 heterocycles. The highest BCUT2D eigenvalue weighted by atomic mass is 19.1. The lowest BCUT2D eigenvalue weighted by molar-refractivity contribution is -0.130. The Labute approximate surface area is 155 Å². The van der Waals surface area contributed by atoms with Crippen LogP contribution in [-0.4, -0.2) is 54.3 Å². The minimum atomic E-state index is -0.477. The van der Waals surface area contributed by atoms with Crippen LogP contribution >= 0.6 is 0 Å². The summed E-state index contributed by atoms with van der Waals surface area (Å²) in [7, 11) is 1.51. The Morgan fingerprint density at radius 1 is 1.26 bits per heavy atom. The number of amides is 4. The van der Waals surface area contributed by atoms with Crippen molar-refractivity contribution < 1.29 is 23.2 Å². The maximum Gasteiger partial charge on any atom is 0.327 e. The molecule has 1 aromatic heterocycles. The van der Waals surface area contributed by atoms with Crippen LogP contribution in [0.1, 0.15) is 23.7 Å². The van der Waals surface area contributed by atoms with Crippen molar-refractivity contribution in [1.29, 1.82) is 0 Å². The standard InChI is InChI=1S/C19H20FN3O4/c1-22-12-18(25)23(19(22)26)11-17(24)21-9-8-15(16-3-2-10-27-16)13-4-6-14(20)7-5-13/h2-7,10,15H,8-9,11-12H2,1H3,(H,21,24)/t15-/m1/s1. The Hall–Kier alpha value is -3.16. The summed E-state index contributed by atoms with van der Waals surface area (Å²) in [5.74, 6) is -0.568. The molecule has 0 bridgehead atoms. The summed E-state index contributed by atoms with van der Waals surface area (Å²) in [6.07, 6.45) is 2.08. The van der Waals surface area contributed by atoms with Crippen LogP contribution in [0.4, 0.5) is 9.18 Å². The van der Waals surface area contributed by atoms with Gasteiger partial charge in [-0.05, 0) is 36.2 Å². The van der Waals surface area contributed by atoms with E-state index in [1.165, 1.54) is 24.1 Å². The molecule has 1 aliphatic rings. The molecule has 1 atom stereocenters. The second-order valence-electron chi connectivity index (χ2n) is 6.38. The van der Waals surface area contributed by atoms with E-state index in [-0.39, 0.29) is 24.8 Å². The van der Waals surface area contributed by atoms with Crippen molar-refractivity contribution in [2.75, 3.05) is 26.7 Å². The lowest BCUT2D eigenvalue weighted by Gasteiger charge is -2.17. The molecule has 27 heavy (non-hydrogen) atoms. The number of nitrogens with one attached hydrogen (secondary N) is 1. The Morgan fingerprint density at radius 3 is 2.59 bits per heavy atom. The molecule has 2 aromatic rings. The topological polar surface area (TPSA) is 82.9 Å². The van der Waals surface area contributed by atoms with Gasteiger partial charge in [0.05, 0.1) is 6.26 Å². The Kier molecular flexibility index (Phi) is 5.54. The van der Waals surface area contributed by atoms with Crippen LogP contribution in [0.5, 0.6) is 0 Å². The van der Waals surface area contributed by atoms with Crippen molar-refractivity contribution in [2.24, 2.45) is 0 Å². The Bertz CT molecular complexity index is 820. The lowest BCUT2D eigenvalue weighted by Crippen LogP contribution is -2.41. The highest BCUT2D eigenvalue weighted by Crippen LogP contribution is 2.28. The highest BCUT2D eigenvalue weighted by molar-refractivity contribution is 6.04. The zero-order valence-corrected chi connectivity index (χ0v) is 14.9. The van der Waals surface area contributed by atoms with E-state index in [2.05, 4.69) is 5.32 Å². The van der Waals surface area contributed by atoms with E-state index < -0.39 is 17.8 Å². The van der Waals surface area contributed by atoms with E-state index in [4.69, 9.17) is 4.42 Å². The fourth-order valence-electron chi connectivity index (χ4n) is 3.04. The van der Waals surface area contributed by atoms with Gasteiger partial charge in [0, 0.05) is 19.5 Å². The van der Waals surface area contributed by atoms with Crippen molar-refractivity contribution in [3.8, 4) is 0 Å². The van der Waals surface area contributed by atoms with Crippen molar-refractivity contribution in [3.05, 3.63) is 59.8 Å². The van der Waals surface area contributed by atoms with Gasteiger partial charge in [-0.25, -0.2) is 9.18 Å². The smallest absolute Gasteiger partial charge is 0.327 e. The summed E-state index contributed by atoms with van der Waals surface area (Å²) in [4.78, 5) is 37.8. The van der Waals surface area contributed by atoms with Gasteiger partial charge in [0.2, 0.25) is 5.91 Å². The minimum Gasteiger partial charge on any atom is -0.469 e. The van der Waals surface area contributed by atoms with E-state index in [0.717, 1.165) is 10.5 Å². The summed E-state index contributed by atoms with van der Waals surface area (Å²) in [5, 5.41) is 2.72. The summed E-state index contributed by atoms with van der Waals surface area (Å²) < 4.78 is 18.7. The van der Waals surface area contributed by atoms with E-state index in [1.807, 2.05) is 6.07 Å². The number of carbonyl (C=O) groups excluding carboxylic acids is 3. The molecule has 1 N–H and O–H groups in total. The number of nitrogens with zero attached hydrogens (tertiary/aromatic N) is 2. The van der Waals surface area contributed by atoms with Gasteiger partial charge in [0.1, 0.15) is 24.7 Å². The molecule has 1 saturated heterocycles. The number of benzene rings is 1. The van der Waals surface area contributed by atoms with Crippen LogP contribution in [0.3, 0.4) is 0 Å². The summed E-state index contributed by atoms with van der Waals surface area (Å²) >= 11 is 0. The number of carbonyl (C=O) groups is 3. The molecule has 0 aliphatic carbocycles. The summed E-state index contributed by atoms with van der Waals surface area (Å²) in [6.45, 7) is -0.00510. The molecular weight excluding hydrogens is 353 g/mol. The average Bonchev–Trinajstić information content (AvgIpc) is 3.25. The Balaban J connectivity index is 1.58. The summed E-state index contributed by atoms with van der Waals surface area (Å²) in [6, 6.07) is 9.24. The van der Waals surface area contributed by atoms with E-state index in [1.54, 1.807) is 24.5 Å². The quantitative estimate of drug-likeness (QED) is 0.752. The van der Waals surface area contributed by atoms with Crippen LogP contribution in [0.25, 0.3) is 0 Å². The molecular formula is C19H20FN3O4. The number of urea groups is 1. The van der Waals surface area contributed by atoms with E-state index >= 15 is 0 Å². The van der Waals surface area contributed by atoms with Gasteiger partial charge in [-0.2, -0.15) is 0 Å². The predicted octanol–water partition coefficient (Wildman–Crippen LogP) is 1.95. The van der Waals surface area contributed by atoms with Gasteiger partial charge in [0.15, 0.2) is 0 Å². The predicted molar refractivity (Wildman–Crippen MR) is 94.3 cm³/mol. The normalized spacial score (nSPS) is 15.3. The van der Waals surface area contributed by atoms with Crippen LogP contribution < -0.4 is 5.32 Å². The fraction of sp³-hybridized carbons (Fsp3) is 0.316. The van der Waals surface area contributed by atoms with E-state index in [0.29, 0.717) is 18.7 Å². The maximum absolute atomic E-state index is 13.2. The largest absolute Gasteiger partial charge is 0.469 e. The van der Waals surface area contributed by atoms with Gasteiger partial charge in [-0.3, -0.25) is 14.5 Å². The first-order valence-electron chi connectivity index (χ1n) is 8.56. The van der Waals surface area contributed by atoms with Crippen LogP contribution in [0, 0.1) is 5.82 Å². The zero-order valence-electron chi connectivity index (χ0n) is 14.9. The van der Waals surface area contributed by atoms with Crippen molar-refractivity contribution in [3.63, 3.8) is 0 Å². The maximum atomic E-state index is 13.2. The second-order valence-corrected chi connectivity index (χ2v) is 6.38. The van der Waals surface area contributed by atoms with Crippen LogP contribution in [0.2, 0.25) is 0 Å². The highest BCUT2D eigenvalue weighted by Gasteiger charge is 2.34. The molecule has 4 amide bonds. The number of rotatable bonds is 7. The first-order valence-corrected chi connectivity index (χ1v) is 8.56. The van der Waals surface area contributed by atoms with Gasteiger partial charge in [-0.1, -0.05) is 12.1 Å². The number of halogens is 1. The first-order chi connectivity index (χ1) is 13.0. The first kappa shape index (κ1) is 18.6. The minimum absolute atomic E-state index is 0.0166. The van der Waals surface area contributed by atoms with Crippen molar-refractivity contribution >= 4 is 17.8 Å². The third-order valence-electron chi connectivity index (χ3n) is 4.45. The number of hydrogen-bond acceptors (Lipinski definition) is 4. The van der Waals surface area contributed by atoms with Gasteiger partial charge >= 0.3 is 6.03 Å². The second kappa shape index (κ2) is 8.03. The fourth-order valence-corrected chi connectivity index (χ4v) is 3.04. The molecule has 0 unspecified atom stereocenters. The molecule has 1 fully saturated rings. The molecule has 7 nitrogen and oxygen atoms in total. The molecule has 0 radical (unpaired) electrons. The average molecular weight is 373 g/mol. The van der Waals surface area contributed by atoms with Crippen molar-refractivity contribution in [2.45, 2.75) is 12.3 Å². The zero-order chi connectivity index (χ0) is 19.4. The van der Waals surface area contributed by atoms with Gasteiger partial charge < -0.3 is 14.6 Å². The molecule has 0 saturated carbocycles. The van der Waals surface area contributed by atoms with Gasteiger partial charge in [-0.15, -0.1) is 0 Å². The Morgan fingerprint density at radius 2 is 2.00 bits per heavy atom. The van der Waals surface area contributed by atoms with Crippen LogP contribution in [-0.2, 0) is 9.59 Å². The van der Waals surface area contributed by atoms with E-state index in [9.17, 15) is 18.8 Å². The molecule has 1 aromatic carbocycles. The third-order valence-corrected chi connectivity index (χ3v) is 4.45. The van der Waals surface area contributed by atoms with Crippen LogP contribution in [0.15, 0.2) is 47.1 Å².